The predicted octanol–water partition coefficient (Wildman–Crippen LogP) is 4.73. The molecule has 0 aliphatic carbocycles. The number of benzene rings is 2. The number of alkyl carbamates (subject to hydrolysis) is 1. The number of hydrogen-bond acceptors (Lipinski definition) is 7. The van der Waals surface area contributed by atoms with E-state index in [0.717, 1.165) is 11.1 Å². The van der Waals surface area contributed by atoms with E-state index in [-0.39, 0.29) is 37.6 Å². The van der Waals surface area contributed by atoms with Crippen molar-refractivity contribution in [2.75, 3.05) is 21.3 Å². The smallest absolute Gasteiger partial charge is 0.408 e. The summed E-state index contributed by atoms with van der Waals surface area (Å²) in [6, 6.07) is 12.6. The number of rotatable bonds is 10. The lowest BCUT2D eigenvalue weighted by Crippen LogP contribution is -2.53. The number of amides is 3. The van der Waals surface area contributed by atoms with Gasteiger partial charge in [-0.25, -0.2) is 9.59 Å². The minimum Gasteiger partial charge on any atom is -0.497 e. The highest BCUT2D eigenvalue weighted by Gasteiger charge is 2.33. The van der Waals surface area contributed by atoms with Gasteiger partial charge in [-0.05, 0) is 55.7 Å². The van der Waals surface area contributed by atoms with Gasteiger partial charge in [0.1, 0.15) is 29.7 Å². The Kier molecular flexibility index (Phi) is 13.9. The fraction of sp³-hybridized carbons (Fsp3) is 0.486. The number of carbonyl (C=O) groups excluding carboxylic acids is 3. The Morgan fingerprint density at radius 3 is 2.43 bits per heavy atom. The molecular formula is C35H47N3O8. The van der Waals surface area contributed by atoms with E-state index < -0.39 is 42.1 Å². The van der Waals surface area contributed by atoms with E-state index in [1.54, 1.807) is 26.3 Å². The number of carbonyl (C=O) groups is 4. The zero-order valence-corrected chi connectivity index (χ0v) is 27.4. The first-order valence-corrected chi connectivity index (χ1v) is 15.7. The van der Waals surface area contributed by atoms with Gasteiger partial charge < -0.3 is 34.9 Å². The SMILES string of the molecule is COc1ccc(CN(C)C(=O)C2C/C=C/CCC(Cc3ccccc3)OC(=O)N[C@@H](CC(C)C)C(=O)N[C@H](C(=O)O)C2)c(OC)c1. The Balaban J connectivity index is 1.88. The highest BCUT2D eigenvalue weighted by molar-refractivity contribution is 5.89. The van der Waals surface area contributed by atoms with E-state index in [2.05, 4.69) is 10.6 Å². The predicted molar refractivity (Wildman–Crippen MR) is 173 cm³/mol. The van der Waals surface area contributed by atoms with Crippen molar-refractivity contribution in [1.29, 1.82) is 0 Å². The Hall–Kier alpha value is -4.54. The van der Waals surface area contributed by atoms with E-state index >= 15 is 0 Å². The van der Waals surface area contributed by atoms with Crippen LogP contribution in [0.4, 0.5) is 4.79 Å². The van der Waals surface area contributed by atoms with Gasteiger partial charge >= 0.3 is 12.1 Å². The molecule has 0 spiro atoms. The normalized spacial score (nSPS) is 21.9. The summed E-state index contributed by atoms with van der Waals surface area (Å²) in [5.74, 6) is -1.75. The van der Waals surface area contributed by atoms with Gasteiger partial charge in [-0.1, -0.05) is 56.3 Å². The van der Waals surface area contributed by atoms with Gasteiger partial charge in [0, 0.05) is 37.6 Å². The minimum atomic E-state index is -1.36. The van der Waals surface area contributed by atoms with Gasteiger partial charge in [0.15, 0.2) is 0 Å². The number of cyclic esters (lactones) is 1. The number of carboxylic acids is 1. The Morgan fingerprint density at radius 1 is 1.04 bits per heavy atom. The van der Waals surface area contributed by atoms with Crippen LogP contribution < -0.4 is 20.1 Å². The molecule has 2 unspecified atom stereocenters. The fourth-order valence-electron chi connectivity index (χ4n) is 5.47. The lowest BCUT2D eigenvalue weighted by molar-refractivity contribution is -0.143. The minimum absolute atomic E-state index is 0.0173. The molecule has 0 aromatic heterocycles. The van der Waals surface area contributed by atoms with Gasteiger partial charge in [-0.3, -0.25) is 9.59 Å². The van der Waals surface area contributed by atoms with Crippen LogP contribution in [0.25, 0.3) is 0 Å². The maximum absolute atomic E-state index is 13.8. The number of methoxy groups -OCH3 is 2. The summed E-state index contributed by atoms with van der Waals surface area (Å²) in [5, 5.41) is 15.3. The molecule has 11 nitrogen and oxygen atoms in total. The number of nitrogens with zero attached hydrogens (tertiary/aromatic N) is 1. The van der Waals surface area contributed by atoms with E-state index in [0.29, 0.717) is 30.8 Å². The van der Waals surface area contributed by atoms with E-state index in [9.17, 15) is 24.3 Å². The molecule has 3 amide bonds. The Labute approximate surface area is 271 Å². The molecule has 3 rings (SSSR count). The zero-order valence-electron chi connectivity index (χ0n) is 27.4. The summed E-state index contributed by atoms with van der Waals surface area (Å²) < 4.78 is 16.6. The maximum atomic E-state index is 13.8. The second kappa shape index (κ2) is 17.8. The number of aliphatic carboxylic acids is 1. The van der Waals surface area contributed by atoms with Gasteiger partial charge in [0.25, 0.3) is 0 Å². The van der Waals surface area contributed by atoms with Crippen LogP contribution in [0.5, 0.6) is 11.5 Å². The first kappa shape index (κ1) is 35.9. The van der Waals surface area contributed by atoms with Crippen molar-refractivity contribution in [3.63, 3.8) is 0 Å². The van der Waals surface area contributed by atoms with Crippen LogP contribution in [0.15, 0.2) is 60.7 Å². The lowest BCUT2D eigenvalue weighted by Gasteiger charge is -2.27. The number of nitrogens with one attached hydrogen (secondary N) is 2. The quantitative estimate of drug-likeness (QED) is 0.318. The molecule has 1 heterocycles. The molecule has 2 aromatic rings. The Bertz CT molecular complexity index is 1350. The van der Waals surface area contributed by atoms with Crippen LogP contribution in [0, 0.1) is 11.8 Å². The third-order valence-corrected chi connectivity index (χ3v) is 7.90. The second-order valence-corrected chi connectivity index (χ2v) is 12.0. The molecule has 0 saturated heterocycles. The molecule has 4 atom stereocenters. The second-order valence-electron chi connectivity index (χ2n) is 12.0. The average Bonchev–Trinajstić information content (AvgIpc) is 3.02. The molecular weight excluding hydrogens is 590 g/mol. The van der Waals surface area contributed by atoms with Crippen LogP contribution in [-0.2, 0) is 32.1 Å². The number of hydrogen-bond donors (Lipinski definition) is 3. The third-order valence-electron chi connectivity index (χ3n) is 7.90. The van der Waals surface area contributed by atoms with Crippen molar-refractivity contribution in [1.82, 2.24) is 15.5 Å². The highest BCUT2D eigenvalue weighted by atomic mass is 16.6. The van der Waals surface area contributed by atoms with Crippen molar-refractivity contribution in [2.45, 2.75) is 77.1 Å². The van der Waals surface area contributed by atoms with E-state index in [1.807, 2.05) is 62.4 Å². The highest BCUT2D eigenvalue weighted by Crippen LogP contribution is 2.27. The maximum Gasteiger partial charge on any atom is 0.408 e. The Morgan fingerprint density at radius 2 is 1.78 bits per heavy atom. The molecule has 46 heavy (non-hydrogen) atoms. The van der Waals surface area contributed by atoms with Gasteiger partial charge in [0.05, 0.1) is 14.2 Å². The summed E-state index contributed by atoms with van der Waals surface area (Å²) in [7, 11) is 4.74. The topological polar surface area (TPSA) is 143 Å². The van der Waals surface area contributed by atoms with Crippen LogP contribution in [-0.4, -0.2) is 73.3 Å². The largest absolute Gasteiger partial charge is 0.497 e. The average molecular weight is 638 g/mol. The molecule has 11 heteroatoms. The molecule has 0 bridgehead atoms. The first-order valence-electron chi connectivity index (χ1n) is 15.7. The number of carboxylic acid groups (broad SMARTS) is 1. The van der Waals surface area contributed by atoms with Crippen LogP contribution in [0.2, 0.25) is 0 Å². The van der Waals surface area contributed by atoms with Crippen molar-refractivity contribution >= 4 is 23.9 Å². The standard InChI is InChI=1S/C35H47N3O8/c1-23(2)18-29-32(39)36-30(34(41)42)20-25(33(40)38(3)22-26-16-17-27(44-4)21-31(26)45-5)14-10-7-11-15-28(46-35(43)37-29)19-24-12-8-6-9-13-24/h6-10,12-13,16-17,21,23,25,28-30H,11,14-15,18-20,22H2,1-5H3,(H,36,39)(H,37,43)(H,41,42)/b10-7+/t25?,28?,29-,30-/m0/s1. The monoisotopic (exact) mass is 637 g/mol. The molecule has 1 aliphatic heterocycles. The molecule has 0 radical (unpaired) electrons. The lowest BCUT2D eigenvalue weighted by atomic mass is 9.93. The van der Waals surface area contributed by atoms with Crippen molar-refractivity contribution < 1.29 is 38.5 Å². The number of allylic oxidation sites excluding steroid dienone is 2. The summed E-state index contributed by atoms with van der Waals surface area (Å²) in [6.45, 7) is 4.02. The zero-order chi connectivity index (χ0) is 33.6. The van der Waals surface area contributed by atoms with Crippen molar-refractivity contribution in [3.8, 4) is 11.5 Å². The van der Waals surface area contributed by atoms with Gasteiger partial charge in [-0.2, -0.15) is 0 Å². The van der Waals surface area contributed by atoms with Gasteiger partial charge in [0.2, 0.25) is 11.8 Å². The molecule has 3 N–H and O–H groups in total. The summed E-state index contributed by atoms with van der Waals surface area (Å²) >= 11 is 0. The van der Waals surface area contributed by atoms with Crippen molar-refractivity contribution in [3.05, 3.63) is 71.8 Å². The van der Waals surface area contributed by atoms with Crippen LogP contribution in [0.3, 0.4) is 0 Å². The molecule has 250 valence electrons. The molecule has 1 aliphatic rings. The molecule has 2 aromatic carbocycles. The number of ether oxygens (including phenoxy) is 3. The first-order chi connectivity index (χ1) is 22.0. The summed E-state index contributed by atoms with van der Waals surface area (Å²) in [6.07, 6.45) is 4.55. The van der Waals surface area contributed by atoms with Crippen LogP contribution in [0.1, 0.15) is 57.1 Å². The van der Waals surface area contributed by atoms with Gasteiger partial charge in [-0.15, -0.1) is 0 Å². The van der Waals surface area contributed by atoms with Crippen LogP contribution >= 0.6 is 0 Å². The van der Waals surface area contributed by atoms with Crippen molar-refractivity contribution in [2.24, 2.45) is 11.8 Å². The van der Waals surface area contributed by atoms with E-state index in [4.69, 9.17) is 14.2 Å². The molecule has 0 saturated carbocycles. The fourth-order valence-corrected chi connectivity index (χ4v) is 5.47. The third kappa shape index (κ3) is 11.1. The summed E-state index contributed by atoms with van der Waals surface area (Å²) in [5.41, 5.74) is 1.76. The molecule has 0 fully saturated rings. The van der Waals surface area contributed by atoms with E-state index in [1.165, 1.54) is 12.0 Å². The summed E-state index contributed by atoms with van der Waals surface area (Å²) in [4.78, 5) is 54.2.